The lowest BCUT2D eigenvalue weighted by Gasteiger charge is -2.39. The molecule has 3 atom stereocenters. The summed E-state index contributed by atoms with van der Waals surface area (Å²) in [5, 5.41) is 9.65. The average molecular weight is 350 g/mol. The maximum absolute atomic E-state index is 11.8. The van der Waals surface area contributed by atoms with E-state index in [4.69, 9.17) is 10.5 Å². The molecule has 1 aromatic heterocycles. The number of ether oxygens (including phenoxy) is 1. The average Bonchev–Trinajstić information content (AvgIpc) is 2.67. The number of anilines is 1. The van der Waals surface area contributed by atoms with E-state index in [1.54, 1.807) is 25.3 Å². The number of aliphatic carboxylic acids is 1. The second kappa shape index (κ2) is 7.59. The first-order chi connectivity index (χ1) is 12.5. The Hall–Kier alpha value is -2.84. The van der Waals surface area contributed by atoms with Crippen molar-refractivity contribution in [2.24, 2.45) is 5.92 Å². The van der Waals surface area contributed by atoms with Gasteiger partial charge in [-0.3, -0.25) is 4.79 Å². The van der Waals surface area contributed by atoms with Gasteiger partial charge in [0.2, 0.25) is 0 Å². The summed E-state index contributed by atoms with van der Waals surface area (Å²) in [5.74, 6) is 5.32. The van der Waals surface area contributed by atoms with E-state index in [0.717, 1.165) is 5.56 Å². The SMILES string of the molecule is COC1(C#Cc2cccc(N)n2)CC[C@@H](C(=O)O)[C@H](c2ccccc2)C1. The van der Waals surface area contributed by atoms with Crippen molar-refractivity contribution in [1.82, 2.24) is 4.98 Å². The third-order valence-corrected chi connectivity index (χ3v) is 5.02. The molecule has 134 valence electrons. The monoisotopic (exact) mass is 350 g/mol. The molecule has 3 N–H and O–H groups in total. The summed E-state index contributed by atoms with van der Waals surface area (Å²) >= 11 is 0. The van der Waals surface area contributed by atoms with Crippen LogP contribution < -0.4 is 5.73 Å². The van der Waals surface area contributed by atoms with E-state index in [9.17, 15) is 9.90 Å². The summed E-state index contributed by atoms with van der Waals surface area (Å²) in [6.07, 6.45) is 1.61. The van der Waals surface area contributed by atoms with Gasteiger partial charge in [-0.1, -0.05) is 42.3 Å². The predicted molar refractivity (Wildman–Crippen MR) is 99.4 cm³/mol. The van der Waals surface area contributed by atoms with Crippen LogP contribution in [0.25, 0.3) is 0 Å². The van der Waals surface area contributed by atoms with Gasteiger partial charge in [-0.25, -0.2) is 4.98 Å². The zero-order valence-electron chi connectivity index (χ0n) is 14.7. The fraction of sp³-hybridized carbons (Fsp3) is 0.333. The molecule has 26 heavy (non-hydrogen) atoms. The minimum atomic E-state index is -0.769. The number of aromatic nitrogens is 1. The van der Waals surface area contributed by atoms with E-state index >= 15 is 0 Å². The fourth-order valence-corrected chi connectivity index (χ4v) is 3.58. The highest BCUT2D eigenvalue weighted by Gasteiger charge is 2.43. The maximum Gasteiger partial charge on any atom is 0.307 e. The summed E-state index contributed by atoms with van der Waals surface area (Å²) in [6.45, 7) is 0. The molecule has 1 unspecified atom stereocenters. The summed E-state index contributed by atoms with van der Waals surface area (Å²) < 4.78 is 5.78. The number of hydrogen-bond donors (Lipinski definition) is 2. The van der Waals surface area contributed by atoms with Crippen molar-refractivity contribution in [2.75, 3.05) is 12.8 Å². The zero-order chi connectivity index (χ0) is 18.6. The van der Waals surface area contributed by atoms with Crippen LogP contribution >= 0.6 is 0 Å². The lowest BCUT2D eigenvalue weighted by molar-refractivity contribution is -0.145. The maximum atomic E-state index is 11.8. The van der Waals surface area contributed by atoms with Crippen molar-refractivity contribution in [2.45, 2.75) is 30.8 Å². The highest BCUT2D eigenvalue weighted by molar-refractivity contribution is 5.71. The predicted octanol–water partition coefficient (Wildman–Crippen LogP) is 3.07. The van der Waals surface area contributed by atoms with Crippen LogP contribution in [0.2, 0.25) is 0 Å². The van der Waals surface area contributed by atoms with Crippen LogP contribution in [0.4, 0.5) is 5.82 Å². The first-order valence-electron chi connectivity index (χ1n) is 8.61. The largest absolute Gasteiger partial charge is 0.481 e. The van der Waals surface area contributed by atoms with Crippen molar-refractivity contribution in [1.29, 1.82) is 0 Å². The van der Waals surface area contributed by atoms with Gasteiger partial charge < -0.3 is 15.6 Å². The molecule has 0 aliphatic heterocycles. The molecule has 0 bridgehead atoms. The molecule has 1 saturated carbocycles. The number of benzene rings is 1. The van der Waals surface area contributed by atoms with E-state index in [-0.39, 0.29) is 5.92 Å². The topological polar surface area (TPSA) is 85.4 Å². The van der Waals surface area contributed by atoms with Crippen LogP contribution in [0.5, 0.6) is 0 Å². The molecule has 5 heteroatoms. The van der Waals surface area contributed by atoms with E-state index in [1.807, 2.05) is 30.3 Å². The summed E-state index contributed by atoms with van der Waals surface area (Å²) in [4.78, 5) is 16.0. The Labute approximate surface area is 153 Å². The second-order valence-corrected chi connectivity index (χ2v) is 6.60. The lowest BCUT2D eigenvalue weighted by atomic mass is 9.69. The first kappa shape index (κ1) is 18.0. The van der Waals surface area contributed by atoms with E-state index in [2.05, 4.69) is 16.8 Å². The third-order valence-electron chi connectivity index (χ3n) is 5.02. The standard InChI is InChI=1S/C21H22N2O3/c1-26-21(12-10-16-8-5-9-19(22)23-16)13-11-17(20(24)25)18(14-21)15-6-3-2-4-7-15/h2-9,17-18H,11,13-14H2,1H3,(H2,22,23)(H,24,25)/t17-,18+,21?/m1/s1. The van der Waals surface area contributed by atoms with E-state index in [1.165, 1.54) is 0 Å². The van der Waals surface area contributed by atoms with Crippen molar-refractivity contribution >= 4 is 11.8 Å². The molecular weight excluding hydrogens is 328 g/mol. The smallest absolute Gasteiger partial charge is 0.307 e. The van der Waals surface area contributed by atoms with Crippen LogP contribution in [-0.2, 0) is 9.53 Å². The fourth-order valence-electron chi connectivity index (χ4n) is 3.58. The van der Waals surface area contributed by atoms with Crippen molar-refractivity contribution in [3.8, 4) is 11.8 Å². The number of nitrogen functional groups attached to an aromatic ring is 1. The number of carboxylic acids is 1. The van der Waals surface area contributed by atoms with Crippen LogP contribution in [0, 0.1) is 17.8 Å². The number of nitrogens with two attached hydrogens (primary N) is 1. The number of pyridine rings is 1. The molecule has 0 spiro atoms. The Bertz CT molecular complexity index is 841. The first-order valence-corrected chi connectivity index (χ1v) is 8.61. The summed E-state index contributed by atoms with van der Waals surface area (Å²) in [6, 6.07) is 15.0. The number of rotatable bonds is 3. The number of hydrogen-bond acceptors (Lipinski definition) is 4. The minimum Gasteiger partial charge on any atom is -0.481 e. The van der Waals surface area contributed by atoms with Gasteiger partial charge in [0.1, 0.15) is 17.1 Å². The van der Waals surface area contributed by atoms with Gasteiger partial charge in [0.25, 0.3) is 0 Å². The summed E-state index contributed by atoms with van der Waals surface area (Å²) in [5.41, 5.74) is 6.60. The van der Waals surface area contributed by atoms with Gasteiger partial charge in [0.15, 0.2) is 0 Å². The van der Waals surface area contributed by atoms with Gasteiger partial charge in [-0.15, -0.1) is 0 Å². The van der Waals surface area contributed by atoms with Gasteiger partial charge in [-0.2, -0.15) is 0 Å². The molecule has 1 aliphatic rings. The van der Waals surface area contributed by atoms with Crippen molar-refractivity contribution in [3.63, 3.8) is 0 Å². The Morgan fingerprint density at radius 2 is 2.04 bits per heavy atom. The minimum absolute atomic E-state index is 0.148. The van der Waals surface area contributed by atoms with Gasteiger partial charge in [0, 0.05) is 13.0 Å². The molecule has 1 aliphatic carbocycles. The molecule has 1 heterocycles. The normalized spacial score (nSPS) is 25.1. The second-order valence-electron chi connectivity index (χ2n) is 6.60. The molecule has 0 amide bonds. The highest BCUT2D eigenvalue weighted by atomic mass is 16.5. The van der Waals surface area contributed by atoms with Crippen LogP contribution in [0.15, 0.2) is 48.5 Å². The number of carbonyl (C=O) groups is 1. The molecule has 1 aromatic carbocycles. The Morgan fingerprint density at radius 1 is 1.27 bits per heavy atom. The molecule has 3 rings (SSSR count). The lowest BCUT2D eigenvalue weighted by Crippen LogP contribution is -2.41. The molecule has 1 fully saturated rings. The number of carboxylic acid groups (broad SMARTS) is 1. The van der Waals surface area contributed by atoms with E-state index < -0.39 is 17.5 Å². The Balaban J connectivity index is 1.92. The molecule has 0 saturated heterocycles. The van der Waals surface area contributed by atoms with Crippen molar-refractivity contribution < 1.29 is 14.6 Å². The van der Waals surface area contributed by atoms with Gasteiger partial charge in [-0.05, 0) is 42.9 Å². The molecular formula is C21H22N2O3. The Kier molecular flexibility index (Phi) is 5.24. The quantitative estimate of drug-likeness (QED) is 0.831. The molecule has 2 aromatic rings. The molecule has 0 radical (unpaired) electrons. The number of nitrogens with zero attached hydrogens (tertiary/aromatic N) is 1. The van der Waals surface area contributed by atoms with Gasteiger partial charge >= 0.3 is 5.97 Å². The van der Waals surface area contributed by atoms with Crippen LogP contribution in [-0.4, -0.2) is 28.8 Å². The Morgan fingerprint density at radius 3 is 2.69 bits per heavy atom. The molecule has 5 nitrogen and oxygen atoms in total. The number of methoxy groups -OCH3 is 1. The van der Waals surface area contributed by atoms with Gasteiger partial charge in [0.05, 0.1) is 5.92 Å². The zero-order valence-corrected chi connectivity index (χ0v) is 14.7. The third kappa shape index (κ3) is 3.87. The van der Waals surface area contributed by atoms with Crippen LogP contribution in [0.3, 0.4) is 0 Å². The summed E-state index contributed by atoms with van der Waals surface area (Å²) in [7, 11) is 1.63. The van der Waals surface area contributed by atoms with E-state index in [0.29, 0.717) is 30.8 Å². The highest BCUT2D eigenvalue weighted by Crippen LogP contribution is 2.44. The van der Waals surface area contributed by atoms with Crippen LogP contribution in [0.1, 0.15) is 36.4 Å². The van der Waals surface area contributed by atoms with Crippen molar-refractivity contribution in [3.05, 3.63) is 59.8 Å².